The average Bonchev–Trinajstić information content (AvgIpc) is 3.19. The van der Waals surface area contributed by atoms with Crippen LogP contribution < -0.4 is 20.1 Å². The number of Topliss-reactive ketones (excluding diaryl/α,β-unsaturated/α-hetero) is 1. The maximum atomic E-state index is 13.6. The number of carbonyl (C=O) groups is 2. The minimum atomic E-state index is -0.510. The number of nitrogens with zero attached hydrogens (tertiary/aromatic N) is 1. The lowest BCUT2D eigenvalue weighted by Crippen LogP contribution is -2.39. The van der Waals surface area contributed by atoms with Gasteiger partial charge in [0.1, 0.15) is 5.82 Å². The molecule has 5 rings (SSSR count). The van der Waals surface area contributed by atoms with E-state index in [2.05, 4.69) is 29.5 Å². The maximum Gasteiger partial charge on any atom is 0.255 e. The minimum Gasteiger partial charge on any atom is -0.454 e. The number of rotatable bonds is 3. The number of carbonyl (C=O) groups excluding carboxylic acids is 2. The van der Waals surface area contributed by atoms with E-state index in [1.54, 1.807) is 6.07 Å². The molecule has 0 unspecified atom stereocenters. The zero-order chi connectivity index (χ0) is 23.3. The summed E-state index contributed by atoms with van der Waals surface area (Å²) >= 11 is 0. The molecule has 0 radical (unpaired) electrons. The van der Waals surface area contributed by atoms with Gasteiger partial charge in [-0.25, -0.2) is 4.98 Å². The van der Waals surface area contributed by atoms with Crippen LogP contribution in [0.3, 0.4) is 0 Å². The summed E-state index contributed by atoms with van der Waals surface area (Å²) in [6, 6.07) is 11.1. The summed E-state index contributed by atoms with van der Waals surface area (Å²) in [6.45, 7) is 8.10. The molecule has 1 amide bonds. The number of benzene rings is 1. The number of nitrogens with one attached hydrogen (secondary N) is 2. The first kappa shape index (κ1) is 21.2. The smallest absolute Gasteiger partial charge is 0.255 e. The molecule has 0 spiro atoms. The first-order valence-corrected chi connectivity index (χ1v) is 11.1. The number of fused-ring (bicyclic) bond motifs is 1. The van der Waals surface area contributed by atoms with Crippen LogP contribution in [0.5, 0.6) is 11.5 Å². The Morgan fingerprint density at radius 3 is 2.70 bits per heavy atom. The molecule has 1 aliphatic carbocycles. The van der Waals surface area contributed by atoms with Gasteiger partial charge in [0.2, 0.25) is 6.79 Å². The van der Waals surface area contributed by atoms with Crippen molar-refractivity contribution in [1.82, 2.24) is 10.3 Å². The first-order valence-electron chi connectivity index (χ1n) is 11.1. The SMILES string of the molecule is CC1=C(C(=O)Nc2cccc(C)n2)[C@@H](c2ccc3c(c2)OCO3)C2=C(CC(C)(C)CC2=O)N1. The van der Waals surface area contributed by atoms with Crippen LogP contribution in [0.4, 0.5) is 5.82 Å². The highest BCUT2D eigenvalue weighted by Crippen LogP contribution is 2.48. The number of anilines is 1. The normalized spacial score (nSPS) is 21.0. The lowest BCUT2D eigenvalue weighted by atomic mass is 9.68. The number of dihydropyridines is 1. The van der Waals surface area contributed by atoms with E-state index in [9.17, 15) is 9.59 Å². The molecular weight excluding hydrogens is 418 g/mol. The lowest BCUT2D eigenvalue weighted by Gasteiger charge is -2.39. The zero-order valence-corrected chi connectivity index (χ0v) is 19.2. The van der Waals surface area contributed by atoms with E-state index in [4.69, 9.17) is 9.47 Å². The van der Waals surface area contributed by atoms with Crippen LogP contribution in [0.15, 0.2) is 58.9 Å². The van der Waals surface area contributed by atoms with Crippen LogP contribution in [0.2, 0.25) is 0 Å². The second-order valence-corrected chi connectivity index (χ2v) is 9.66. The molecule has 1 aromatic carbocycles. The standard InChI is InChI=1S/C26H27N3O4/c1-14-6-5-7-21(27-14)29-25(31)22-15(2)28-17-11-26(3,4)12-18(30)24(17)23(22)16-8-9-19-20(10-16)33-13-32-19/h5-10,23,28H,11-13H2,1-4H3,(H,27,29,31)/t23-/m1/s1. The van der Waals surface area contributed by atoms with Crippen LogP contribution in [0.25, 0.3) is 0 Å². The van der Waals surface area contributed by atoms with Crippen molar-refractivity contribution >= 4 is 17.5 Å². The third-order valence-electron chi connectivity index (χ3n) is 6.34. The number of allylic oxidation sites excluding steroid dienone is 3. The second kappa shape index (κ2) is 7.76. The maximum absolute atomic E-state index is 13.6. The molecule has 7 heteroatoms. The topological polar surface area (TPSA) is 89.6 Å². The van der Waals surface area contributed by atoms with Gasteiger partial charge in [-0.1, -0.05) is 26.0 Å². The Labute approximate surface area is 192 Å². The van der Waals surface area contributed by atoms with Gasteiger partial charge < -0.3 is 20.1 Å². The van der Waals surface area contributed by atoms with E-state index in [0.717, 1.165) is 29.1 Å². The summed E-state index contributed by atoms with van der Waals surface area (Å²) in [5.41, 5.74) is 4.26. The molecule has 170 valence electrons. The summed E-state index contributed by atoms with van der Waals surface area (Å²) in [7, 11) is 0. The molecule has 3 heterocycles. The van der Waals surface area contributed by atoms with Crippen molar-refractivity contribution in [1.29, 1.82) is 0 Å². The predicted octanol–water partition coefficient (Wildman–Crippen LogP) is 4.36. The van der Waals surface area contributed by atoms with Crippen molar-refractivity contribution in [2.45, 2.75) is 46.5 Å². The van der Waals surface area contributed by atoms with Gasteiger partial charge in [0, 0.05) is 40.6 Å². The summed E-state index contributed by atoms with van der Waals surface area (Å²) in [4.78, 5) is 31.4. The molecule has 2 aromatic rings. The average molecular weight is 446 g/mol. The van der Waals surface area contributed by atoms with Crippen LogP contribution in [0, 0.1) is 12.3 Å². The van der Waals surface area contributed by atoms with Crippen molar-refractivity contribution in [3.05, 3.63) is 70.2 Å². The second-order valence-electron chi connectivity index (χ2n) is 9.66. The van der Waals surface area contributed by atoms with Crippen molar-refractivity contribution < 1.29 is 19.1 Å². The molecule has 1 atom stereocenters. The number of aryl methyl sites for hydroxylation is 1. The van der Waals surface area contributed by atoms with E-state index < -0.39 is 5.92 Å². The molecule has 2 N–H and O–H groups in total. The number of amides is 1. The summed E-state index contributed by atoms with van der Waals surface area (Å²) in [5.74, 6) is 1.01. The molecule has 0 saturated heterocycles. The monoisotopic (exact) mass is 445 g/mol. The Balaban J connectivity index is 1.61. The van der Waals surface area contributed by atoms with Gasteiger partial charge in [0.25, 0.3) is 5.91 Å². The third kappa shape index (κ3) is 3.88. The number of ketones is 1. The Kier molecular flexibility index (Phi) is 5.00. The van der Waals surface area contributed by atoms with Crippen LogP contribution in [-0.4, -0.2) is 23.5 Å². The fraction of sp³-hybridized carbons (Fsp3) is 0.346. The summed E-state index contributed by atoms with van der Waals surface area (Å²) in [6.07, 6.45) is 1.17. The van der Waals surface area contributed by atoms with Gasteiger partial charge in [-0.2, -0.15) is 0 Å². The van der Waals surface area contributed by atoms with Crippen LogP contribution >= 0.6 is 0 Å². The number of hydrogen-bond donors (Lipinski definition) is 2. The molecule has 0 fully saturated rings. The molecule has 33 heavy (non-hydrogen) atoms. The van der Waals surface area contributed by atoms with Crippen molar-refractivity contribution in [3.63, 3.8) is 0 Å². The predicted molar refractivity (Wildman–Crippen MR) is 124 cm³/mol. The van der Waals surface area contributed by atoms with E-state index in [0.29, 0.717) is 34.9 Å². The van der Waals surface area contributed by atoms with Gasteiger partial charge in [0.15, 0.2) is 17.3 Å². The van der Waals surface area contributed by atoms with Crippen molar-refractivity contribution in [2.75, 3.05) is 12.1 Å². The van der Waals surface area contributed by atoms with Gasteiger partial charge >= 0.3 is 0 Å². The Bertz CT molecular complexity index is 1240. The van der Waals surface area contributed by atoms with E-state index in [1.807, 2.05) is 44.2 Å². The number of ether oxygens (including phenoxy) is 2. The largest absolute Gasteiger partial charge is 0.454 e. The number of pyridine rings is 1. The highest BCUT2D eigenvalue weighted by molar-refractivity contribution is 6.09. The molecular formula is C26H27N3O4. The van der Waals surface area contributed by atoms with Gasteiger partial charge in [-0.15, -0.1) is 0 Å². The summed E-state index contributed by atoms with van der Waals surface area (Å²) in [5, 5.41) is 6.31. The molecule has 1 aromatic heterocycles. The Morgan fingerprint density at radius 2 is 1.91 bits per heavy atom. The number of aromatic nitrogens is 1. The molecule has 7 nitrogen and oxygen atoms in total. The zero-order valence-electron chi connectivity index (χ0n) is 19.2. The van der Waals surface area contributed by atoms with Gasteiger partial charge in [-0.3, -0.25) is 9.59 Å². The van der Waals surface area contributed by atoms with Crippen molar-refractivity contribution in [3.8, 4) is 11.5 Å². The molecule has 0 saturated carbocycles. The van der Waals surface area contributed by atoms with E-state index in [1.165, 1.54) is 0 Å². The van der Waals surface area contributed by atoms with Gasteiger partial charge in [-0.05, 0) is 55.5 Å². The van der Waals surface area contributed by atoms with Crippen LogP contribution in [0.1, 0.15) is 50.8 Å². The third-order valence-corrected chi connectivity index (χ3v) is 6.34. The highest BCUT2D eigenvalue weighted by Gasteiger charge is 2.43. The number of hydrogen-bond acceptors (Lipinski definition) is 6. The molecule has 3 aliphatic rings. The molecule has 2 aliphatic heterocycles. The highest BCUT2D eigenvalue weighted by atomic mass is 16.7. The summed E-state index contributed by atoms with van der Waals surface area (Å²) < 4.78 is 11.1. The Morgan fingerprint density at radius 1 is 1.12 bits per heavy atom. The quantitative estimate of drug-likeness (QED) is 0.730. The van der Waals surface area contributed by atoms with Crippen molar-refractivity contribution in [2.24, 2.45) is 5.41 Å². The fourth-order valence-electron chi connectivity index (χ4n) is 4.96. The van der Waals surface area contributed by atoms with Gasteiger partial charge in [0.05, 0.1) is 0 Å². The van der Waals surface area contributed by atoms with E-state index in [-0.39, 0.29) is 23.9 Å². The lowest BCUT2D eigenvalue weighted by molar-refractivity contribution is -0.118. The van der Waals surface area contributed by atoms with E-state index >= 15 is 0 Å². The molecule has 0 bridgehead atoms. The minimum absolute atomic E-state index is 0.0582. The Hall–Kier alpha value is -3.61. The fourth-order valence-corrected chi connectivity index (χ4v) is 4.96. The van der Waals surface area contributed by atoms with Crippen LogP contribution in [-0.2, 0) is 9.59 Å². The first-order chi connectivity index (χ1) is 15.7.